The lowest BCUT2D eigenvalue weighted by atomic mass is 9.99. The van der Waals surface area contributed by atoms with Crippen LogP contribution in [0, 0.1) is 5.92 Å². The highest BCUT2D eigenvalue weighted by Crippen LogP contribution is 2.25. The summed E-state index contributed by atoms with van der Waals surface area (Å²) in [6.45, 7) is 6.83. The first-order chi connectivity index (χ1) is 10.4. The third-order valence-electron chi connectivity index (χ3n) is 3.83. The van der Waals surface area contributed by atoms with E-state index >= 15 is 0 Å². The van der Waals surface area contributed by atoms with Crippen LogP contribution in [0.15, 0.2) is 18.2 Å². The van der Waals surface area contributed by atoms with Crippen molar-refractivity contribution in [3.63, 3.8) is 0 Å². The van der Waals surface area contributed by atoms with E-state index in [9.17, 15) is 9.90 Å². The summed E-state index contributed by atoms with van der Waals surface area (Å²) in [6.07, 6.45) is 1.02. The van der Waals surface area contributed by atoms with E-state index in [0.717, 1.165) is 6.42 Å². The number of carbonyl (C=O) groups excluding carboxylic acids is 1. The van der Waals surface area contributed by atoms with Crippen molar-refractivity contribution in [1.29, 1.82) is 0 Å². The molecule has 0 bridgehead atoms. The fourth-order valence-corrected chi connectivity index (χ4v) is 2.29. The van der Waals surface area contributed by atoms with Crippen LogP contribution < -0.4 is 4.74 Å². The van der Waals surface area contributed by atoms with Gasteiger partial charge in [0.25, 0.3) is 0 Å². The molecule has 1 rings (SSSR count). The van der Waals surface area contributed by atoms with Gasteiger partial charge >= 0.3 is 5.97 Å². The van der Waals surface area contributed by atoms with Gasteiger partial charge in [0.1, 0.15) is 23.7 Å². The summed E-state index contributed by atoms with van der Waals surface area (Å²) in [4.78, 5) is 14.4. The van der Waals surface area contributed by atoms with Crippen LogP contribution in [0.4, 0.5) is 0 Å². The maximum absolute atomic E-state index is 12.3. The number of hydrogen-bond acceptors (Lipinski definition) is 5. The molecular weight excluding hydrogens is 282 g/mol. The molecule has 124 valence electrons. The number of carbonyl (C=O) groups is 1. The van der Waals surface area contributed by atoms with Crippen molar-refractivity contribution in [2.45, 2.75) is 33.2 Å². The predicted octanol–water partition coefficient (Wildman–Crippen LogP) is 2.92. The second-order valence-electron chi connectivity index (χ2n) is 5.63. The van der Waals surface area contributed by atoms with Crippen molar-refractivity contribution in [3.8, 4) is 11.5 Å². The number of ether oxygens (including phenoxy) is 2. The molecular formula is C17H27NO4. The molecule has 0 aliphatic carbocycles. The monoisotopic (exact) mass is 309 g/mol. The summed E-state index contributed by atoms with van der Waals surface area (Å²) in [5, 5.41) is 9.50. The summed E-state index contributed by atoms with van der Waals surface area (Å²) in [5.41, 5.74) is 0.335. The second kappa shape index (κ2) is 8.63. The molecule has 0 aliphatic rings. The van der Waals surface area contributed by atoms with E-state index in [1.807, 2.05) is 21.0 Å². The molecule has 0 amide bonds. The molecule has 22 heavy (non-hydrogen) atoms. The highest BCUT2D eigenvalue weighted by Gasteiger charge is 2.22. The Hall–Kier alpha value is -1.75. The van der Waals surface area contributed by atoms with Gasteiger partial charge < -0.3 is 19.5 Å². The van der Waals surface area contributed by atoms with Crippen molar-refractivity contribution in [2.75, 3.05) is 27.3 Å². The number of nitrogens with zero attached hydrogens (tertiary/aromatic N) is 1. The molecule has 1 aromatic rings. The molecule has 0 radical (unpaired) electrons. The van der Waals surface area contributed by atoms with Gasteiger partial charge in [0, 0.05) is 12.1 Å². The van der Waals surface area contributed by atoms with Gasteiger partial charge in [-0.05, 0) is 39.1 Å². The number of likely N-dealkylation sites (N-methyl/N-ethyl adjacent to an activating group) is 1. The first kappa shape index (κ1) is 18.3. The predicted molar refractivity (Wildman–Crippen MR) is 86.5 cm³/mol. The Morgan fingerprint density at radius 3 is 2.55 bits per heavy atom. The summed E-state index contributed by atoms with van der Waals surface area (Å²) in [6, 6.07) is 4.58. The minimum Gasteiger partial charge on any atom is -0.508 e. The molecule has 5 nitrogen and oxygen atoms in total. The van der Waals surface area contributed by atoms with E-state index in [2.05, 4.69) is 18.7 Å². The maximum atomic E-state index is 12.3. The van der Waals surface area contributed by atoms with Crippen LogP contribution in [0.2, 0.25) is 0 Å². The summed E-state index contributed by atoms with van der Waals surface area (Å²) < 4.78 is 10.8. The minimum atomic E-state index is -0.432. The van der Waals surface area contributed by atoms with Gasteiger partial charge in [-0.15, -0.1) is 0 Å². The van der Waals surface area contributed by atoms with Gasteiger partial charge in [0.2, 0.25) is 0 Å². The van der Waals surface area contributed by atoms with Gasteiger partial charge in [-0.25, -0.2) is 4.79 Å². The fraction of sp³-hybridized carbons (Fsp3) is 0.588. The van der Waals surface area contributed by atoms with Crippen LogP contribution in [0.5, 0.6) is 11.5 Å². The van der Waals surface area contributed by atoms with E-state index in [-0.39, 0.29) is 11.8 Å². The van der Waals surface area contributed by atoms with E-state index in [1.54, 1.807) is 0 Å². The van der Waals surface area contributed by atoms with Crippen LogP contribution in [0.1, 0.15) is 37.6 Å². The zero-order valence-electron chi connectivity index (χ0n) is 14.1. The second-order valence-corrected chi connectivity index (χ2v) is 5.63. The number of hydrogen-bond donors (Lipinski definition) is 1. The maximum Gasteiger partial charge on any atom is 0.341 e. The quantitative estimate of drug-likeness (QED) is 0.748. The molecule has 0 saturated carbocycles. The molecule has 1 unspecified atom stereocenters. The van der Waals surface area contributed by atoms with Crippen LogP contribution in [-0.2, 0) is 4.74 Å². The van der Waals surface area contributed by atoms with E-state index < -0.39 is 5.97 Å². The summed E-state index contributed by atoms with van der Waals surface area (Å²) >= 11 is 0. The van der Waals surface area contributed by atoms with Crippen molar-refractivity contribution in [3.05, 3.63) is 23.8 Å². The molecule has 1 N–H and O–H groups in total. The lowest BCUT2D eigenvalue weighted by Gasteiger charge is -2.29. The van der Waals surface area contributed by atoms with Gasteiger partial charge in [-0.1, -0.05) is 20.3 Å². The average molecular weight is 309 g/mol. The number of benzene rings is 1. The van der Waals surface area contributed by atoms with E-state index in [4.69, 9.17) is 9.47 Å². The van der Waals surface area contributed by atoms with E-state index in [1.165, 1.54) is 18.2 Å². The van der Waals surface area contributed by atoms with Crippen LogP contribution in [0.3, 0.4) is 0 Å². The molecule has 0 spiro atoms. The fourth-order valence-electron chi connectivity index (χ4n) is 2.29. The van der Waals surface area contributed by atoms with Gasteiger partial charge in [0.15, 0.2) is 0 Å². The Morgan fingerprint density at radius 2 is 2.00 bits per heavy atom. The van der Waals surface area contributed by atoms with Crippen LogP contribution in [0.25, 0.3) is 0 Å². The zero-order valence-corrected chi connectivity index (χ0v) is 14.1. The summed E-state index contributed by atoms with van der Waals surface area (Å²) in [7, 11) is 3.97. The van der Waals surface area contributed by atoms with Gasteiger partial charge in [-0.2, -0.15) is 0 Å². The number of esters is 1. The Morgan fingerprint density at radius 1 is 1.32 bits per heavy atom. The first-order valence-corrected chi connectivity index (χ1v) is 7.70. The smallest absolute Gasteiger partial charge is 0.341 e. The Labute approximate surface area is 132 Å². The van der Waals surface area contributed by atoms with Gasteiger partial charge in [0.05, 0.1) is 6.61 Å². The number of phenolic OH excluding ortho intramolecular Hbond substituents is 1. The molecule has 0 aliphatic heterocycles. The first-order valence-electron chi connectivity index (χ1n) is 7.70. The summed E-state index contributed by atoms with van der Waals surface area (Å²) in [5.74, 6) is 0.399. The molecule has 0 heterocycles. The number of aromatic hydroxyl groups is 1. The molecule has 2 atom stereocenters. The van der Waals surface area contributed by atoms with Crippen molar-refractivity contribution in [1.82, 2.24) is 4.90 Å². The number of rotatable bonds is 8. The molecule has 5 heteroatoms. The Kier molecular flexibility index (Phi) is 7.18. The Bertz CT molecular complexity index is 488. The van der Waals surface area contributed by atoms with Crippen molar-refractivity contribution < 1.29 is 19.4 Å². The van der Waals surface area contributed by atoms with Crippen LogP contribution >= 0.6 is 0 Å². The third kappa shape index (κ3) is 4.91. The lowest BCUT2D eigenvalue weighted by Crippen LogP contribution is -2.38. The Balaban J connectivity index is 2.80. The third-order valence-corrected chi connectivity index (χ3v) is 3.83. The SMILES string of the molecule is CCOc1cc(O)ccc1C(=O)OC[C@H](C(C)CC)N(C)C. The van der Waals surface area contributed by atoms with Crippen molar-refractivity contribution in [2.24, 2.45) is 5.92 Å². The van der Waals surface area contributed by atoms with Crippen molar-refractivity contribution >= 4 is 5.97 Å². The van der Waals surface area contributed by atoms with E-state index in [0.29, 0.717) is 30.4 Å². The van der Waals surface area contributed by atoms with Gasteiger partial charge in [-0.3, -0.25) is 0 Å². The molecule has 0 fully saturated rings. The topological polar surface area (TPSA) is 59.0 Å². The molecule has 0 aromatic heterocycles. The lowest BCUT2D eigenvalue weighted by molar-refractivity contribution is 0.0332. The minimum absolute atomic E-state index is 0.0609. The number of phenols is 1. The standard InChI is InChI=1S/C17H27NO4/c1-6-12(3)15(18(4)5)11-22-17(20)14-9-8-13(19)10-16(14)21-7-2/h8-10,12,15,19H,6-7,11H2,1-5H3/t12?,15-/m1/s1. The van der Waals surface area contributed by atoms with Crippen LogP contribution in [-0.4, -0.2) is 49.3 Å². The zero-order chi connectivity index (χ0) is 16.7. The normalized spacial score (nSPS) is 13.7. The highest BCUT2D eigenvalue weighted by molar-refractivity contribution is 5.92. The molecule has 1 aromatic carbocycles. The highest BCUT2D eigenvalue weighted by atomic mass is 16.5. The molecule has 0 saturated heterocycles. The largest absolute Gasteiger partial charge is 0.508 e. The average Bonchev–Trinajstić information content (AvgIpc) is 2.47.